The van der Waals surface area contributed by atoms with Gasteiger partial charge in [-0.15, -0.1) is 0 Å². The molecule has 2 atom stereocenters. The number of halogens is 1. The van der Waals surface area contributed by atoms with E-state index in [0.717, 1.165) is 38.0 Å². The van der Waals surface area contributed by atoms with Crippen LogP contribution in [0.15, 0.2) is 12.3 Å². The largest absolute Gasteiger partial charge is 0.343 e. The van der Waals surface area contributed by atoms with Crippen molar-refractivity contribution in [3.05, 3.63) is 23.2 Å². The van der Waals surface area contributed by atoms with Crippen LogP contribution in [0, 0.1) is 11.8 Å². The highest BCUT2D eigenvalue weighted by molar-refractivity contribution is 6.28. The van der Waals surface area contributed by atoms with Gasteiger partial charge in [-0.25, -0.2) is 9.97 Å². The van der Waals surface area contributed by atoms with Crippen LogP contribution in [-0.2, 0) is 4.79 Å². The van der Waals surface area contributed by atoms with Crippen LogP contribution >= 0.6 is 11.6 Å². The average molecular weight is 336 g/mol. The summed E-state index contributed by atoms with van der Waals surface area (Å²) in [5.41, 5.74) is 1.01. The first-order valence-electron chi connectivity index (χ1n) is 8.89. The van der Waals surface area contributed by atoms with Crippen molar-refractivity contribution in [3.63, 3.8) is 0 Å². The predicted molar refractivity (Wildman–Crippen MR) is 91.3 cm³/mol. The Hall–Kier alpha value is -1.16. The van der Waals surface area contributed by atoms with Crippen LogP contribution in [0.5, 0.6) is 0 Å². The molecule has 1 aliphatic heterocycles. The van der Waals surface area contributed by atoms with E-state index in [1.54, 1.807) is 6.20 Å². The molecule has 1 aromatic rings. The van der Waals surface area contributed by atoms with Gasteiger partial charge in [0.05, 0.1) is 0 Å². The maximum atomic E-state index is 12.6. The van der Waals surface area contributed by atoms with Gasteiger partial charge < -0.3 is 4.90 Å². The Labute approximate surface area is 143 Å². The van der Waals surface area contributed by atoms with E-state index in [1.807, 2.05) is 6.07 Å². The molecule has 1 aromatic heterocycles. The monoisotopic (exact) mass is 335 g/mol. The smallest absolute Gasteiger partial charge is 0.222 e. The van der Waals surface area contributed by atoms with Crippen molar-refractivity contribution in [1.29, 1.82) is 0 Å². The van der Waals surface area contributed by atoms with Crippen LogP contribution in [0.3, 0.4) is 0 Å². The van der Waals surface area contributed by atoms with Gasteiger partial charge in [0, 0.05) is 37.3 Å². The average Bonchev–Trinajstić information content (AvgIpc) is 2.57. The number of nitrogens with zero attached hydrogens (tertiary/aromatic N) is 3. The third-order valence-corrected chi connectivity index (χ3v) is 5.82. The van der Waals surface area contributed by atoms with Crippen LogP contribution in [-0.4, -0.2) is 33.9 Å². The maximum Gasteiger partial charge on any atom is 0.222 e. The second-order valence-electron chi connectivity index (χ2n) is 7.13. The van der Waals surface area contributed by atoms with Gasteiger partial charge in [0.1, 0.15) is 0 Å². The van der Waals surface area contributed by atoms with Crippen molar-refractivity contribution in [2.45, 2.75) is 57.8 Å². The summed E-state index contributed by atoms with van der Waals surface area (Å²) in [6, 6.07) is 1.94. The number of carbonyl (C=O) groups excluding carboxylic acids is 1. The predicted octanol–water partition coefficient (Wildman–Crippen LogP) is 4.05. The summed E-state index contributed by atoms with van der Waals surface area (Å²) < 4.78 is 0. The van der Waals surface area contributed by atoms with Crippen LogP contribution < -0.4 is 0 Å². The number of hydrogen-bond acceptors (Lipinski definition) is 3. The lowest BCUT2D eigenvalue weighted by molar-refractivity contribution is -0.134. The third-order valence-electron chi connectivity index (χ3n) is 5.64. The number of aromatic nitrogens is 2. The quantitative estimate of drug-likeness (QED) is 0.783. The number of rotatable bonds is 3. The minimum Gasteiger partial charge on any atom is -0.343 e. The van der Waals surface area contributed by atoms with Crippen molar-refractivity contribution in [2.24, 2.45) is 11.8 Å². The molecule has 0 spiro atoms. The summed E-state index contributed by atoms with van der Waals surface area (Å²) in [7, 11) is 0. The van der Waals surface area contributed by atoms with Gasteiger partial charge in [0.15, 0.2) is 0 Å². The Morgan fingerprint density at radius 2 is 2.00 bits per heavy atom. The fourth-order valence-electron chi connectivity index (χ4n) is 4.05. The lowest BCUT2D eigenvalue weighted by atomic mass is 9.78. The molecule has 5 heteroatoms. The summed E-state index contributed by atoms with van der Waals surface area (Å²) >= 11 is 5.88. The summed E-state index contributed by atoms with van der Waals surface area (Å²) in [4.78, 5) is 22.9. The Morgan fingerprint density at radius 3 is 2.70 bits per heavy atom. The molecular weight excluding hydrogens is 310 g/mol. The summed E-state index contributed by atoms with van der Waals surface area (Å²) in [6.07, 6.45) is 9.53. The molecule has 4 nitrogen and oxygen atoms in total. The van der Waals surface area contributed by atoms with Gasteiger partial charge >= 0.3 is 0 Å². The van der Waals surface area contributed by atoms with Crippen molar-refractivity contribution in [2.75, 3.05) is 13.1 Å². The molecule has 2 fully saturated rings. The van der Waals surface area contributed by atoms with E-state index in [4.69, 9.17) is 11.6 Å². The van der Waals surface area contributed by atoms with Gasteiger partial charge in [-0.2, -0.15) is 0 Å². The SMILES string of the molecule is CC1CCCCC1CC(=O)N1CCC(c2ccnc(Cl)n2)CC1. The molecule has 2 heterocycles. The topological polar surface area (TPSA) is 46.1 Å². The van der Waals surface area contributed by atoms with E-state index in [0.29, 0.717) is 28.9 Å². The highest BCUT2D eigenvalue weighted by Gasteiger charge is 2.29. The van der Waals surface area contributed by atoms with Gasteiger partial charge in [0.2, 0.25) is 11.2 Å². The molecule has 23 heavy (non-hydrogen) atoms. The van der Waals surface area contributed by atoms with Crippen LogP contribution in [0.25, 0.3) is 0 Å². The summed E-state index contributed by atoms with van der Waals surface area (Å²) in [5, 5.41) is 0.312. The normalized spacial score (nSPS) is 26.3. The second kappa shape index (κ2) is 7.61. The number of carbonyl (C=O) groups is 1. The van der Waals surface area contributed by atoms with Crippen molar-refractivity contribution >= 4 is 17.5 Å². The van der Waals surface area contributed by atoms with Crippen LogP contribution in [0.4, 0.5) is 0 Å². The first kappa shape index (κ1) is 16.7. The molecule has 0 radical (unpaired) electrons. The van der Waals surface area contributed by atoms with Gasteiger partial charge in [-0.05, 0) is 48.8 Å². The molecule has 1 saturated carbocycles. The Bertz CT molecular complexity index is 543. The molecule has 0 bridgehead atoms. The fraction of sp³-hybridized carbons (Fsp3) is 0.722. The first-order chi connectivity index (χ1) is 11.1. The lowest BCUT2D eigenvalue weighted by Crippen LogP contribution is -2.39. The van der Waals surface area contributed by atoms with Gasteiger partial charge in [-0.1, -0.05) is 26.2 Å². The summed E-state index contributed by atoms with van der Waals surface area (Å²) in [5.74, 6) is 2.04. The molecule has 1 saturated heterocycles. The second-order valence-corrected chi connectivity index (χ2v) is 7.47. The molecule has 0 N–H and O–H groups in total. The Balaban J connectivity index is 1.51. The molecular formula is C18H26ClN3O. The minimum atomic E-state index is 0.312. The zero-order valence-electron chi connectivity index (χ0n) is 13.9. The highest BCUT2D eigenvalue weighted by Crippen LogP contribution is 2.33. The highest BCUT2D eigenvalue weighted by atomic mass is 35.5. The van der Waals surface area contributed by atoms with Crippen molar-refractivity contribution in [3.8, 4) is 0 Å². The molecule has 0 aromatic carbocycles. The Morgan fingerprint density at radius 1 is 1.26 bits per heavy atom. The molecule has 2 unspecified atom stereocenters. The fourth-order valence-corrected chi connectivity index (χ4v) is 4.20. The van der Waals surface area contributed by atoms with Gasteiger partial charge in [0.25, 0.3) is 0 Å². The first-order valence-corrected chi connectivity index (χ1v) is 9.27. The van der Waals surface area contributed by atoms with Gasteiger partial charge in [-0.3, -0.25) is 4.79 Å². The van der Waals surface area contributed by atoms with E-state index in [1.165, 1.54) is 25.7 Å². The zero-order valence-corrected chi connectivity index (χ0v) is 14.6. The van der Waals surface area contributed by atoms with Crippen molar-refractivity contribution < 1.29 is 4.79 Å². The third kappa shape index (κ3) is 4.23. The van der Waals surface area contributed by atoms with E-state index in [2.05, 4.69) is 21.8 Å². The standard InChI is InChI=1S/C18H26ClN3O/c1-13-4-2-3-5-15(13)12-17(23)22-10-7-14(8-11-22)16-6-9-20-18(19)21-16/h6,9,13-15H,2-5,7-8,10-12H2,1H3. The van der Waals surface area contributed by atoms with Crippen LogP contribution in [0.2, 0.25) is 5.28 Å². The van der Waals surface area contributed by atoms with E-state index in [9.17, 15) is 4.79 Å². The number of likely N-dealkylation sites (tertiary alicyclic amines) is 1. The minimum absolute atomic E-state index is 0.312. The molecule has 126 valence electrons. The lowest BCUT2D eigenvalue weighted by Gasteiger charge is -2.34. The number of amides is 1. The molecule has 3 rings (SSSR count). The number of piperidine rings is 1. The van der Waals surface area contributed by atoms with E-state index < -0.39 is 0 Å². The Kier molecular flexibility index (Phi) is 5.52. The number of hydrogen-bond donors (Lipinski definition) is 0. The van der Waals surface area contributed by atoms with E-state index >= 15 is 0 Å². The zero-order chi connectivity index (χ0) is 16.2. The van der Waals surface area contributed by atoms with Crippen molar-refractivity contribution in [1.82, 2.24) is 14.9 Å². The molecule has 1 amide bonds. The summed E-state index contributed by atoms with van der Waals surface area (Å²) in [6.45, 7) is 3.99. The van der Waals surface area contributed by atoms with Crippen LogP contribution in [0.1, 0.15) is 63.5 Å². The maximum absolute atomic E-state index is 12.6. The van der Waals surface area contributed by atoms with E-state index in [-0.39, 0.29) is 0 Å². The molecule has 2 aliphatic rings. The molecule has 1 aliphatic carbocycles.